The topological polar surface area (TPSA) is 100 Å². The van der Waals surface area contributed by atoms with Crippen LogP contribution in [0, 0.1) is 5.92 Å². The van der Waals surface area contributed by atoms with E-state index >= 15 is 0 Å². The maximum absolute atomic E-state index is 4.63. The first-order valence-electron chi connectivity index (χ1n) is 10.8. The summed E-state index contributed by atoms with van der Waals surface area (Å²) >= 11 is 0. The van der Waals surface area contributed by atoms with E-state index in [0.717, 1.165) is 57.8 Å². The van der Waals surface area contributed by atoms with Gasteiger partial charge in [-0.15, -0.1) is 5.10 Å². The predicted octanol–water partition coefficient (Wildman–Crippen LogP) is 3.64. The van der Waals surface area contributed by atoms with Crippen molar-refractivity contribution < 1.29 is 0 Å². The molecule has 0 atom stereocenters. The lowest BCUT2D eigenvalue weighted by molar-refractivity contribution is 0.301. The van der Waals surface area contributed by atoms with Crippen molar-refractivity contribution in [2.75, 3.05) is 6.54 Å². The van der Waals surface area contributed by atoms with Crippen LogP contribution in [0.3, 0.4) is 0 Å². The molecule has 5 aromatic rings. The van der Waals surface area contributed by atoms with Crippen LogP contribution in [0.4, 0.5) is 0 Å². The van der Waals surface area contributed by atoms with Crippen LogP contribution in [0.15, 0.2) is 48.9 Å². The van der Waals surface area contributed by atoms with Crippen molar-refractivity contribution in [3.05, 3.63) is 60.2 Å². The van der Waals surface area contributed by atoms with Gasteiger partial charge in [-0.25, -0.2) is 4.68 Å². The number of nitrogens with zero attached hydrogens (tertiary/aromatic N) is 5. The van der Waals surface area contributed by atoms with Gasteiger partial charge in [0.1, 0.15) is 5.69 Å². The number of aromatic nitrogens is 7. The first kappa shape index (κ1) is 18.3. The zero-order chi connectivity index (χ0) is 20.6. The minimum atomic E-state index is 0.617. The van der Waals surface area contributed by atoms with Gasteiger partial charge in [0.2, 0.25) is 0 Å². The van der Waals surface area contributed by atoms with Gasteiger partial charge in [0.15, 0.2) is 0 Å². The molecule has 31 heavy (non-hydrogen) atoms. The quantitative estimate of drug-likeness (QED) is 0.379. The van der Waals surface area contributed by atoms with Crippen LogP contribution in [-0.2, 0) is 13.1 Å². The Hall–Kier alpha value is -3.52. The van der Waals surface area contributed by atoms with Crippen LogP contribution < -0.4 is 5.32 Å². The Morgan fingerprint density at radius 3 is 3.00 bits per heavy atom. The number of pyridine rings is 1. The Bertz CT molecular complexity index is 1340. The molecule has 1 saturated carbocycles. The Morgan fingerprint density at radius 1 is 1.13 bits per heavy atom. The Kier molecular flexibility index (Phi) is 4.49. The summed E-state index contributed by atoms with van der Waals surface area (Å²) in [5.74, 6) is 0.863. The molecule has 0 amide bonds. The van der Waals surface area contributed by atoms with Crippen LogP contribution in [0.2, 0.25) is 0 Å². The fourth-order valence-corrected chi connectivity index (χ4v) is 4.28. The molecule has 4 heterocycles. The molecule has 0 radical (unpaired) electrons. The van der Waals surface area contributed by atoms with Gasteiger partial charge in [-0.1, -0.05) is 23.8 Å². The second-order valence-corrected chi connectivity index (χ2v) is 8.44. The standard InChI is InChI=1S/C23H24N8/c1-3-15(4-1)9-24-11-17-8-21-22(27-17)7-16(10-25-21)13-31-14-23(29-30-31)18-5-2-6-20-19(18)12-26-28-20/h2,5-8,10,12,14-15,24,27H,1,3-4,9,11,13H2,(H,26,28). The number of H-pyrrole nitrogens is 2. The minimum absolute atomic E-state index is 0.617. The number of benzene rings is 1. The number of nitrogens with one attached hydrogen (secondary N) is 3. The highest BCUT2D eigenvalue weighted by Gasteiger charge is 2.16. The van der Waals surface area contributed by atoms with Gasteiger partial charge >= 0.3 is 0 Å². The molecule has 6 rings (SSSR count). The average Bonchev–Trinajstić information content (AvgIpc) is 3.48. The molecule has 1 aromatic carbocycles. The van der Waals surface area contributed by atoms with E-state index in [0.29, 0.717) is 6.54 Å². The molecule has 0 bridgehead atoms. The summed E-state index contributed by atoms with van der Waals surface area (Å²) < 4.78 is 1.85. The Morgan fingerprint density at radius 2 is 2.10 bits per heavy atom. The first-order chi connectivity index (χ1) is 15.3. The number of hydrogen-bond acceptors (Lipinski definition) is 5. The van der Waals surface area contributed by atoms with E-state index < -0.39 is 0 Å². The number of aromatic amines is 2. The van der Waals surface area contributed by atoms with E-state index in [-0.39, 0.29) is 0 Å². The fraction of sp³-hybridized carbons (Fsp3) is 0.304. The number of hydrogen-bond donors (Lipinski definition) is 3. The normalized spacial score (nSPS) is 14.5. The molecule has 8 heteroatoms. The minimum Gasteiger partial charge on any atom is -0.356 e. The van der Waals surface area contributed by atoms with E-state index in [9.17, 15) is 0 Å². The highest BCUT2D eigenvalue weighted by atomic mass is 15.4. The summed E-state index contributed by atoms with van der Waals surface area (Å²) in [4.78, 5) is 8.13. The van der Waals surface area contributed by atoms with E-state index in [2.05, 4.69) is 47.9 Å². The SMILES string of the molecule is c1cc(-c2cn(Cc3cnc4cc(CNCC5CCC5)[nH]c4c3)nn2)c2cn[nH]c2c1. The molecule has 156 valence electrons. The average molecular weight is 413 g/mol. The van der Waals surface area contributed by atoms with Crippen molar-refractivity contribution in [1.82, 2.24) is 40.5 Å². The van der Waals surface area contributed by atoms with E-state index in [1.807, 2.05) is 41.5 Å². The fourth-order valence-electron chi connectivity index (χ4n) is 4.28. The predicted molar refractivity (Wildman–Crippen MR) is 119 cm³/mol. The van der Waals surface area contributed by atoms with Crippen molar-refractivity contribution in [3.8, 4) is 11.3 Å². The van der Waals surface area contributed by atoms with Crippen LogP contribution in [0.5, 0.6) is 0 Å². The molecule has 8 nitrogen and oxygen atoms in total. The van der Waals surface area contributed by atoms with E-state index in [4.69, 9.17) is 0 Å². The van der Waals surface area contributed by atoms with Crippen molar-refractivity contribution >= 4 is 21.9 Å². The molecule has 1 aliphatic rings. The number of rotatable bonds is 7. The molecular weight excluding hydrogens is 388 g/mol. The van der Waals surface area contributed by atoms with Crippen molar-refractivity contribution in [1.29, 1.82) is 0 Å². The van der Waals surface area contributed by atoms with Crippen LogP contribution in [-0.4, -0.2) is 41.7 Å². The first-order valence-corrected chi connectivity index (χ1v) is 10.8. The van der Waals surface area contributed by atoms with Crippen LogP contribution >= 0.6 is 0 Å². The third-order valence-electron chi connectivity index (χ3n) is 6.20. The van der Waals surface area contributed by atoms with Crippen LogP contribution in [0.1, 0.15) is 30.5 Å². The highest BCUT2D eigenvalue weighted by molar-refractivity contribution is 5.93. The summed E-state index contributed by atoms with van der Waals surface area (Å²) in [6, 6.07) is 10.3. The summed E-state index contributed by atoms with van der Waals surface area (Å²) in [5.41, 5.74) is 7.16. The maximum Gasteiger partial charge on any atom is 0.113 e. The van der Waals surface area contributed by atoms with Gasteiger partial charge in [0.05, 0.1) is 35.5 Å². The molecule has 3 N–H and O–H groups in total. The summed E-state index contributed by atoms with van der Waals surface area (Å²) in [5, 5.41) is 20.4. The van der Waals surface area contributed by atoms with Gasteiger partial charge in [0, 0.05) is 29.4 Å². The third kappa shape index (κ3) is 3.59. The summed E-state index contributed by atoms with van der Waals surface area (Å²) in [7, 11) is 0. The molecule has 0 saturated heterocycles. The summed E-state index contributed by atoms with van der Waals surface area (Å²) in [6.45, 7) is 2.58. The second-order valence-electron chi connectivity index (χ2n) is 8.44. The largest absolute Gasteiger partial charge is 0.356 e. The van der Waals surface area contributed by atoms with Gasteiger partial charge in [-0.3, -0.25) is 10.1 Å². The monoisotopic (exact) mass is 412 g/mol. The van der Waals surface area contributed by atoms with Crippen molar-refractivity contribution in [2.45, 2.75) is 32.4 Å². The Labute approximate surface area is 179 Å². The summed E-state index contributed by atoms with van der Waals surface area (Å²) in [6.07, 6.45) is 9.83. The van der Waals surface area contributed by atoms with Crippen LogP contribution in [0.25, 0.3) is 33.2 Å². The van der Waals surface area contributed by atoms with Gasteiger partial charge < -0.3 is 10.3 Å². The highest BCUT2D eigenvalue weighted by Crippen LogP contribution is 2.26. The molecule has 1 aliphatic carbocycles. The van der Waals surface area contributed by atoms with E-state index in [1.54, 1.807) is 0 Å². The molecule has 0 unspecified atom stereocenters. The number of fused-ring (bicyclic) bond motifs is 2. The van der Waals surface area contributed by atoms with Gasteiger partial charge in [-0.2, -0.15) is 5.10 Å². The maximum atomic E-state index is 4.63. The molecule has 4 aromatic heterocycles. The third-order valence-corrected chi connectivity index (χ3v) is 6.20. The van der Waals surface area contributed by atoms with Crippen molar-refractivity contribution in [2.24, 2.45) is 5.92 Å². The zero-order valence-corrected chi connectivity index (χ0v) is 17.2. The van der Waals surface area contributed by atoms with E-state index in [1.165, 1.54) is 25.0 Å². The lowest BCUT2D eigenvalue weighted by Gasteiger charge is -2.25. The lowest BCUT2D eigenvalue weighted by atomic mass is 9.85. The van der Waals surface area contributed by atoms with Crippen molar-refractivity contribution in [3.63, 3.8) is 0 Å². The molecule has 1 fully saturated rings. The molecule has 0 aliphatic heterocycles. The van der Waals surface area contributed by atoms with Gasteiger partial charge in [0.25, 0.3) is 0 Å². The zero-order valence-electron chi connectivity index (χ0n) is 17.2. The van der Waals surface area contributed by atoms with Gasteiger partial charge in [-0.05, 0) is 49.1 Å². The molecule has 0 spiro atoms. The lowest BCUT2D eigenvalue weighted by Crippen LogP contribution is -2.26. The molecular formula is C23H24N8. The second kappa shape index (κ2) is 7.63. The Balaban J connectivity index is 1.17. The smallest absolute Gasteiger partial charge is 0.113 e.